The summed E-state index contributed by atoms with van der Waals surface area (Å²) < 4.78 is 0. The van der Waals surface area contributed by atoms with E-state index in [0.717, 1.165) is 38.5 Å². The predicted molar refractivity (Wildman–Crippen MR) is 92.8 cm³/mol. The summed E-state index contributed by atoms with van der Waals surface area (Å²) in [7, 11) is 0. The van der Waals surface area contributed by atoms with E-state index in [-0.39, 0.29) is 36.1 Å². The first-order valence-corrected chi connectivity index (χ1v) is 9.74. The molecule has 6 nitrogen and oxygen atoms in total. The Morgan fingerprint density at radius 2 is 1.88 bits per heavy atom. The number of nitrogens with one attached hydrogen (secondary N) is 1. The van der Waals surface area contributed by atoms with Crippen LogP contribution in [0, 0.1) is 17.3 Å². The molecule has 2 N–H and O–H groups in total. The number of hydrogen-bond donors (Lipinski definition) is 2. The molecule has 0 aromatic heterocycles. The van der Waals surface area contributed by atoms with Crippen LogP contribution in [-0.2, 0) is 14.4 Å². The van der Waals surface area contributed by atoms with Gasteiger partial charge >= 0.3 is 5.97 Å². The summed E-state index contributed by atoms with van der Waals surface area (Å²) in [6.45, 7) is 2.74. The van der Waals surface area contributed by atoms with Gasteiger partial charge in [0.05, 0.1) is 5.41 Å². The Morgan fingerprint density at radius 3 is 2.52 bits per heavy atom. The second-order valence-electron chi connectivity index (χ2n) is 8.27. The van der Waals surface area contributed by atoms with Gasteiger partial charge in [-0.25, -0.2) is 0 Å². The van der Waals surface area contributed by atoms with Gasteiger partial charge in [-0.2, -0.15) is 0 Å². The molecule has 3 rings (SSSR count). The van der Waals surface area contributed by atoms with E-state index in [4.69, 9.17) is 0 Å². The Balaban J connectivity index is 1.50. The Hall–Kier alpha value is -1.59. The average Bonchev–Trinajstić information content (AvgIpc) is 3.13. The summed E-state index contributed by atoms with van der Waals surface area (Å²) in [4.78, 5) is 38.3. The van der Waals surface area contributed by atoms with E-state index in [1.807, 2.05) is 6.92 Å². The first-order chi connectivity index (χ1) is 11.9. The number of carboxylic acids is 1. The zero-order valence-electron chi connectivity index (χ0n) is 15.1. The van der Waals surface area contributed by atoms with Crippen LogP contribution >= 0.6 is 0 Å². The van der Waals surface area contributed by atoms with Crippen molar-refractivity contribution in [1.29, 1.82) is 0 Å². The normalized spacial score (nSPS) is 30.8. The van der Waals surface area contributed by atoms with E-state index in [2.05, 4.69) is 5.32 Å². The summed E-state index contributed by atoms with van der Waals surface area (Å²) in [6.07, 6.45) is 8.07. The molecular weight excluding hydrogens is 320 g/mol. The molecule has 3 fully saturated rings. The summed E-state index contributed by atoms with van der Waals surface area (Å²) in [5.41, 5.74) is -0.732. The van der Waals surface area contributed by atoms with Crippen molar-refractivity contribution in [3.8, 4) is 0 Å². The van der Waals surface area contributed by atoms with Gasteiger partial charge in [0.2, 0.25) is 11.8 Å². The lowest BCUT2D eigenvalue weighted by molar-refractivity contribution is -0.149. The molecule has 0 aromatic rings. The average molecular weight is 350 g/mol. The van der Waals surface area contributed by atoms with Gasteiger partial charge in [0.1, 0.15) is 0 Å². The molecule has 25 heavy (non-hydrogen) atoms. The molecule has 0 bridgehead atoms. The minimum absolute atomic E-state index is 0.0357. The number of nitrogens with zero attached hydrogens (tertiary/aromatic N) is 1. The highest BCUT2D eigenvalue weighted by molar-refractivity contribution is 5.83. The van der Waals surface area contributed by atoms with Crippen LogP contribution in [0.2, 0.25) is 0 Å². The first kappa shape index (κ1) is 18.2. The van der Waals surface area contributed by atoms with Crippen molar-refractivity contribution >= 4 is 17.8 Å². The molecule has 6 heteroatoms. The minimum Gasteiger partial charge on any atom is -0.481 e. The van der Waals surface area contributed by atoms with Crippen molar-refractivity contribution in [3.63, 3.8) is 0 Å². The van der Waals surface area contributed by atoms with Crippen molar-refractivity contribution in [1.82, 2.24) is 10.2 Å². The van der Waals surface area contributed by atoms with Crippen LogP contribution in [0.1, 0.15) is 64.7 Å². The molecule has 0 aromatic carbocycles. The Kier molecular flexibility index (Phi) is 5.35. The number of likely N-dealkylation sites (tertiary alicyclic amines) is 1. The van der Waals surface area contributed by atoms with E-state index in [1.165, 1.54) is 6.42 Å². The third-order valence-electron chi connectivity index (χ3n) is 6.49. The smallest absolute Gasteiger partial charge is 0.311 e. The SMILES string of the molecule is CC(CC(=O)N1C[C@@H]2CCC[C@@]2(C(=O)O)C1)NC(=O)C1CCCCC1. The van der Waals surface area contributed by atoms with Gasteiger partial charge in [-0.1, -0.05) is 25.7 Å². The molecule has 0 radical (unpaired) electrons. The summed E-state index contributed by atoms with van der Waals surface area (Å²) >= 11 is 0. The number of amides is 2. The Labute approximate surface area is 149 Å². The highest BCUT2D eigenvalue weighted by Gasteiger charge is 2.55. The van der Waals surface area contributed by atoms with Gasteiger partial charge in [-0.15, -0.1) is 0 Å². The molecule has 3 aliphatic rings. The largest absolute Gasteiger partial charge is 0.481 e. The van der Waals surface area contributed by atoms with Gasteiger partial charge in [0.15, 0.2) is 0 Å². The maximum absolute atomic E-state index is 12.6. The first-order valence-electron chi connectivity index (χ1n) is 9.74. The van der Waals surface area contributed by atoms with E-state index in [1.54, 1.807) is 4.90 Å². The zero-order valence-corrected chi connectivity index (χ0v) is 15.1. The van der Waals surface area contributed by atoms with Crippen LogP contribution in [0.25, 0.3) is 0 Å². The van der Waals surface area contributed by atoms with Crippen LogP contribution in [0.15, 0.2) is 0 Å². The summed E-state index contributed by atoms with van der Waals surface area (Å²) in [5, 5.41) is 12.6. The van der Waals surface area contributed by atoms with Crippen LogP contribution in [0.3, 0.4) is 0 Å². The van der Waals surface area contributed by atoms with Crippen molar-refractivity contribution < 1.29 is 19.5 Å². The van der Waals surface area contributed by atoms with Gasteiger partial charge in [-0.05, 0) is 38.5 Å². The van der Waals surface area contributed by atoms with Crippen molar-refractivity contribution in [2.75, 3.05) is 13.1 Å². The molecule has 0 spiro atoms. The maximum Gasteiger partial charge on any atom is 0.311 e. The molecular formula is C19H30N2O4. The fourth-order valence-electron chi connectivity index (χ4n) is 5.00. The van der Waals surface area contributed by atoms with Crippen LogP contribution in [0.4, 0.5) is 0 Å². The van der Waals surface area contributed by atoms with Crippen molar-refractivity contribution in [3.05, 3.63) is 0 Å². The highest BCUT2D eigenvalue weighted by atomic mass is 16.4. The Bertz CT molecular complexity index is 544. The monoisotopic (exact) mass is 350 g/mol. The Morgan fingerprint density at radius 1 is 1.16 bits per heavy atom. The second-order valence-corrected chi connectivity index (χ2v) is 8.27. The quantitative estimate of drug-likeness (QED) is 0.795. The number of hydrogen-bond acceptors (Lipinski definition) is 3. The molecule has 140 valence electrons. The van der Waals surface area contributed by atoms with Crippen LogP contribution < -0.4 is 5.32 Å². The van der Waals surface area contributed by atoms with E-state index < -0.39 is 11.4 Å². The topological polar surface area (TPSA) is 86.7 Å². The van der Waals surface area contributed by atoms with Crippen LogP contribution in [0.5, 0.6) is 0 Å². The predicted octanol–water partition coefficient (Wildman–Crippen LogP) is 2.17. The number of fused-ring (bicyclic) bond motifs is 1. The molecule has 2 amide bonds. The maximum atomic E-state index is 12.6. The fraction of sp³-hybridized carbons (Fsp3) is 0.842. The number of aliphatic carboxylic acids is 1. The van der Waals surface area contributed by atoms with E-state index >= 15 is 0 Å². The van der Waals surface area contributed by atoms with Gasteiger partial charge < -0.3 is 15.3 Å². The van der Waals surface area contributed by atoms with E-state index in [0.29, 0.717) is 19.5 Å². The lowest BCUT2D eigenvalue weighted by Gasteiger charge is -2.25. The molecule has 1 unspecified atom stereocenters. The third-order valence-corrected chi connectivity index (χ3v) is 6.49. The van der Waals surface area contributed by atoms with Gasteiger partial charge in [-0.3, -0.25) is 14.4 Å². The number of rotatable bonds is 5. The lowest BCUT2D eigenvalue weighted by Crippen LogP contribution is -2.42. The van der Waals surface area contributed by atoms with E-state index in [9.17, 15) is 19.5 Å². The summed E-state index contributed by atoms with van der Waals surface area (Å²) in [6, 6.07) is -0.205. The fourth-order valence-corrected chi connectivity index (χ4v) is 5.00. The molecule has 1 aliphatic heterocycles. The lowest BCUT2D eigenvalue weighted by atomic mass is 9.81. The van der Waals surface area contributed by atoms with Gasteiger partial charge in [0, 0.05) is 31.5 Å². The van der Waals surface area contributed by atoms with Crippen molar-refractivity contribution in [2.24, 2.45) is 17.3 Å². The highest BCUT2D eigenvalue weighted by Crippen LogP contribution is 2.49. The number of carbonyl (C=O) groups excluding carboxylic acids is 2. The third kappa shape index (κ3) is 3.67. The standard InChI is InChI=1S/C19H30N2O4/c1-13(20-17(23)14-6-3-2-4-7-14)10-16(22)21-11-15-8-5-9-19(15,12-21)18(24)25/h13-15H,2-12H2,1H3,(H,20,23)(H,24,25)/t13?,15-,19+/m0/s1. The number of carbonyl (C=O) groups is 3. The molecule has 2 saturated carbocycles. The van der Waals surface area contributed by atoms with Gasteiger partial charge in [0.25, 0.3) is 0 Å². The molecule has 1 heterocycles. The summed E-state index contributed by atoms with van der Waals surface area (Å²) in [5.74, 6) is -0.551. The molecule has 2 aliphatic carbocycles. The second kappa shape index (κ2) is 7.34. The minimum atomic E-state index is -0.760. The van der Waals surface area contributed by atoms with Crippen molar-refractivity contribution in [2.45, 2.75) is 70.8 Å². The molecule has 1 saturated heterocycles. The number of carboxylic acid groups (broad SMARTS) is 1. The zero-order chi connectivity index (χ0) is 18.0. The molecule has 3 atom stereocenters. The van der Waals surface area contributed by atoms with Crippen LogP contribution in [-0.4, -0.2) is 46.9 Å².